The predicted molar refractivity (Wildman–Crippen MR) is 52.3 cm³/mol. The van der Waals surface area contributed by atoms with E-state index in [1.807, 2.05) is 6.07 Å². The van der Waals surface area contributed by atoms with Gasteiger partial charge in [0.1, 0.15) is 0 Å². The number of aliphatic imine (C=N–C) groups is 1. The summed E-state index contributed by atoms with van der Waals surface area (Å²) in [6, 6.07) is 9.17. The zero-order chi connectivity index (χ0) is 10.6. The van der Waals surface area contributed by atoms with Crippen LogP contribution in [0.1, 0.15) is 25.0 Å². The summed E-state index contributed by atoms with van der Waals surface area (Å²) < 4.78 is 0. The molecule has 0 fully saturated rings. The Morgan fingerprint density at radius 1 is 1.36 bits per heavy atom. The van der Waals surface area contributed by atoms with E-state index in [1.54, 1.807) is 32.0 Å². The van der Waals surface area contributed by atoms with Gasteiger partial charge in [0.2, 0.25) is 6.08 Å². The molecule has 3 nitrogen and oxygen atoms in total. The molecule has 1 aromatic carbocycles. The Labute approximate surface area is 82.7 Å². The summed E-state index contributed by atoms with van der Waals surface area (Å²) in [6.45, 7) is 3.54. The molecule has 70 valence electrons. The monoisotopic (exact) mass is 186 g/mol. The maximum absolute atomic E-state index is 10.2. The number of nitrogens with zero attached hydrogens (tertiary/aromatic N) is 2. The van der Waals surface area contributed by atoms with Gasteiger partial charge in [-0.25, -0.2) is 4.79 Å². The number of carbonyl (C=O) groups excluding carboxylic acids is 1. The second-order valence-corrected chi connectivity index (χ2v) is 3.42. The van der Waals surface area contributed by atoms with Crippen LogP contribution < -0.4 is 0 Å². The summed E-state index contributed by atoms with van der Waals surface area (Å²) in [5.41, 5.74) is 0.594. The van der Waals surface area contributed by atoms with E-state index in [4.69, 9.17) is 5.26 Å². The minimum Gasteiger partial charge on any atom is -0.211 e. The first-order chi connectivity index (χ1) is 6.61. The second-order valence-electron chi connectivity index (χ2n) is 3.42. The number of nitriles is 1. The molecule has 0 aliphatic rings. The van der Waals surface area contributed by atoms with Crippen molar-refractivity contribution in [3.05, 3.63) is 35.4 Å². The summed E-state index contributed by atoms with van der Waals surface area (Å²) in [5.74, 6) is 0. The van der Waals surface area contributed by atoms with Crippen molar-refractivity contribution in [2.24, 2.45) is 4.99 Å². The van der Waals surface area contributed by atoms with E-state index in [1.165, 1.54) is 6.08 Å². The highest BCUT2D eigenvalue weighted by molar-refractivity contribution is 5.44. The molecule has 0 saturated heterocycles. The van der Waals surface area contributed by atoms with Crippen molar-refractivity contribution in [1.82, 2.24) is 0 Å². The van der Waals surface area contributed by atoms with Crippen molar-refractivity contribution in [2.75, 3.05) is 0 Å². The Kier molecular flexibility index (Phi) is 2.81. The summed E-state index contributed by atoms with van der Waals surface area (Å²) in [7, 11) is 0. The first kappa shape index (κ1) is 10.2. The standard InChI is InChI=1S/C11H10N2O/c1-11(2,13-8-14)10-6-4-3-5-9(10)7-12/h3-6H,1-2H3. The van der Waals surface area contributed by atoms with Crippen molar-refractivity contribution >= 4 is 6.08 Å². The fourth-order valence-corrected chi connectivity index (χ4v) is 1.29. The quantitative estimate of drug-likeness (QED) is 0.524. The van der Waals surface area contributed by atoms with Gasteiger partial charge in [-0.2, -0.15) is 10.3 Å². The van der Waals surface area contributed by atoms with Crippen LogP contribution in [0.15, 0.2) is 29.3 Å². The highest BCUT2D eigenvalue weighted by atomic mass is 16.1. The largest absolute Gasteiger partial charge is 0.235 e. The molecule has 0 aliphatic carbocycles. The average Bonchev–Trinajstić information content (AvgIpc) is 2.18. The maximum atomic E-state index is 10.2. The minimum absolute atomic E-state index is 0.538. The van der Waals surface area contributed by atoms with Crippen molar-refractivity contribution in [2.45, 2.75) is 19.4 Å². The molecule has 0 N–H and O–H groups in total. The van der Waals surface area contributed by atoms with Gasteiger partial charge >= 0.3 is 0 Å². The molecule has 0 saturated carbocycles. The van der Waals surface area contributed by atoms with Gasteiger partial charge in [-0.1, -0.05) is 18.2 Å². The minimum atomic E-state index is -0.686. The summed E-state index contributed by atoms with van der Waals surface area (Å²) in [5, 5.41) is 8.86. The van der Waals surface area contributed by atoms with Gasteiger partial charge in [0, 0.05) is 0 Å². The van der Waals surface area contributed by atoms with Crippen LogP contribution in [-0.4, -0.2) is 6.08 Å². The van der Waals surface area contributed by atoms with Crippen molar-refractivity contribution in [3.8, 4) is 6.07 Å². The van der Waals surface area contributed by atoms with Gasteiger partial charge in [0.25, 0.3) is 0 Å². The van der Waals surface area contributed by atoms with Crippen LogP contribution in [0.2, 0.25) is 0 Å². The molecular weight excluding hydrogens is 176 g/mol. The molecule has 3 heteroatoms. The summed E-state index contributed by atoms with van der Waals surface area (Å²) in [4.78, 5) is 13.9. The fraction of sp³-hybridized carbons (Fsp3) is 0.273. The molecule has 0 bridgehead atoms. The van der Waals surface area contributed by atoms with Gasteiger partial charge in [0.15, 0.2) is 0 Å². The molecular formula is C11H10N2O. The smallest absolute Gasteiger partial charge is 0.211 e. The number of isocyanates is 1. The van der Waals surface area contributed by atoms with Crippen molar-refractivity contribution in [3.63, 3.8) is 0 Å². The Morgan fingerprint density at radius 2 is 2.00 bits per heavy atom. The van der Waals surface area contributed by atoms with E-state index in [0.29, 0.717) is 5.56 Å². The Morgan fingerprint density at radius 3 is 2.57 bits per heavy atom. The van der Waals surface area contributed by atoms with E-state index < -0.39 is 5.54 Å². The topological polar surface area (TPSA) is 53.2 Å². The Hall–Kier alpha value is -1.91. The first-order valence-electron chi connectivity index (χ1n) is 4.20. The zero-order valence-electron chi connectivity index (χ0n) is 8.11. The molecule has 0 radical (unpaired) electrons. The fourth-order valence-electron chi connectivity index (χ4n) is 1.29. The molecule has 0 atom stereocenters. The second kappa shape index (κ2) is 3.87. The van der Waals surface area contributed by atoms with Gasteiger partial charge in [-0.05, 0) is 25.5 Å². The number of rotatable bonds is 2. The summed E-state index contributed by atoms with van der Waals surface area (Å²) in [6.07, 6.45) is 1.52. The lowest BCUT2D eigenvalue weighted by molar-refractivity contribution is 0.522. The van der Waals surface area contributed by atoms with E-state index >= 15 is 0 Å². The maximum Gasteiger partial charge on any atom is 0.235 e. The molecule has 0 spiro atoms. The molecule has 14 heavy (non-hydrogen) atoms. The molecule has 0 heterocycles. The van der Waals surface area contributed by atoms with Gasteiger partial charge in [0.05, 0.1) is 17.2 Å². The van der Waals surface area contributed by atoms with E-state index in [2.05, 4.69) is 11.1 Å². The Bertz CT molecular complexity index is 423. The molecule has 0 unspecified atom stereocenters. The highest BCUT2D eigenvalue weighted by Crippen LogP contribution is 2.26. The van der Waals surface area contributed by atoms with Crippen LogP contribution in [0, 0.1) is 11.3 Å². The zero-order valence-corrected chi connectivity index (χ0v) is 8.11. The van der Waals surface area contributed by atoms with Crippen LogP contribution >= 0.6 is 0 Å². The van der Waals surface area contributed by atoms with Crippen molar-refractivity contribution < 1.29 is 4.79 Å². The molecule has 0 amide bonds. The molecule has 1 aromatic rings. The third-order valence-corrected chi connectivity index (χ3v) is 2.03. The predicted octanol–water partition coefficient (Wildman–Crippen LogP) is 2.13. The normalized spacial score (nSPS) is 10.1. The van der Waals surface area contributed by atoms with Crippen LogP contribution in [-0.2, 0) is 10.3 Å². The third kappa shape index (κ3) is 1.87. The first-order valence-corrected chi connectivity index (χ1v) is 4.20. The van der Waals surface area contributed by atoms with Gasteiger partial charge in [-0.15, -0.1) is 0 Å². The number of hydrogen-bond acceptors (Lipinski definition) is 3. The lowest BCUT2D eigenvalue weighted by Gasteiger charge is -2.18. The molecule has 1 rings (SSSR count). The average molecular weight is 186 g/mol. The number of hydrogen-bond donors (Lipinski definition) is 0. The van der Waals surface area contributed by atoms with Crippen molar-refractivity contribution in [1.29, 1.82) is 5.26 Å². The van der Waals surface area contributed by atoms with Crippen LogP contribution in [0.4, 0.5) is 0 Å². The van der Waals surface area contributed by atoms with Gasteiger partial charge < -0.3 is 0 Å². The molecule has 0 aliphatic heterocycles. The van der Waals surface area contributed by atoms with Crippen LogP contribution in [0.3, 0.4) is 0 Å². The van der Waals surface area contributed by atoms with Crippen LogP contribution in [0.5, 0.6) is 0 Å². The van der Waals surface area contributed by atoms with Gasteiger partial charge in [-0.3, -0.25) is 0 Å². The lowest BCUT2D eigenvalue weighted by Crippen LogP contribution is -2.15. The van der Waals surface area contributed by atoms with E-state index in [9.17, 15) is 4.79 Å². The molecule has 0 aromatic heterocycles. The lowest BCUT2D eigenvalue weighted by atomic mass is 9.91. The van der Waals surface area contributed by atoms with Crippen LogP contribution in [0.25, 0.3) is 0 Å². The third-order valence-electron chi connectivity index (χ3n) is 2.03. The highest BCUT2D eigenvalue weighted by Gasteiger charge is 2.22. The number of benzene rings is 1. The van der Waals surface area contributed by atoms with E-state index in [0.717, 1.165) is 5.56 Å². The summed E-state index contributed by atoms with van der Waals surface area (Å²) >= 11 is 0. The van der Waals surface area contributed by atoms with E-state index in [-0.39, 0.29) is 0 Å². The SMILES string of the molecule is CC(C)(N=C=O)c1ccccc1C#N. The Balaban J connectivity index is 3.32.